The summed E-state index contributed by atoms with van der Waals surface area (Å²) in [6.45, 7) is 14.0. The summed E-state index contributed by atoms with van der Waals surface area (Å²) in [5.41, 5.74) is -3.44. The number of aromatic nitrogens is 2. The number of alkyl halides is 3. The van der Waals surface area contributed by atoms with Gasteiger partial charge in [0, 0.05) is 5.56 Å². The molecule has 0 bridgehead atoms. The lowest BCUT2D eigenvalue weighted by atomic mass is 10.0. The summed E-state index contributed by atoms with van der Waals surface area (Å²) in [5.74, 6) is -0.296. The van der Waals surface area contributed by atoms with E-state index in [4.69, 9.17) is 14.2 Å². The highest BCUT2D eigenvalue weighted by Crippen LogP contribution is 2.45. The lowest BCUT2D eigenvalue weighted by Gasteiger charge is -2.39. The minimum atomic E-state index is -4.62. The summed E-state index contributed by atoms with van der Waals surface area (Å²) < 4.78 is 57.5. The molecule has 0 radical (unpaired) electrons. The average molecular weight is 500 g/mol. The number of hydrogen-bond donors (Lipinski definition) is 0. The molecule has 0 unspecified atom stereocenters. The Morgan fingerprint density at radius 3 is 2.53 bits per heavy atom. The molecule has 0 spiro atoms. The van der Waals surface area contributed by atoms with Crippen LogP contribution in [0.4, 0.5) is 18.0 Å². The maximum atomic E-state index is 13.6. The van der Waals surface area contributed by atoms with Crippen molar-refractivity contribution >= 4 is 17.4 Å². The Bertz CT molecular complexity index is 1080. The molecule has 0 aliphatic carbocycles. The van der Waals surface area contributed by atoms with Crippen molar-refractivity contribution in [1.29, 1.82) is 0 Å². The number of hydrogen-bond acceptors (Lipinski definition) is 7. The number of halogens is 3. The van der Waals surface area contributed by atoms with Crippen LogP contribution in [0, 0.1) is 0 Å². The number of benzene rings is 1. The molecule has 1 saturated heterocycles. The van der Waals surface area contributed by atoms with Crippen molar-refractivity contribution in [3.8, 4) is 16.3 Å². The van der Waals surface area contributed by atoms with Gasteiger partial charge < -0.3 is 14.2 Å². The SMILES string of the molecule is C=CCOc1ccc(-c2nnc([C@@]3(C)COC(C)(C)N3C(=O)OC(C)(C)C)s2)cc1C(F)(F)F. The average Bonchev–Trinajstić information content (AvgIpc) is 3.28. The topological polar surface area (TPSA) is 73.8 Å². The fourth-order valence-electron chi connectivity index (χ4n) is 3.64. The second kappa shape index (κ2) is 8.84. The van der Waals surface area contributed by atoms with E-state index in [1.807, 2.05) is 0 Å². The van der Waals surface area contributed by atoms with Gasteiger partial charge in [0.25, 0.3) is 0 Å². The number of carbonyl (C=O) groups excluding carboxylic acids is 1. The highest BCUT2D eigenvalue weighted by atomic mass is 32.1. The Morgan fingerprint density at radius 2 is 1.94 bits per heavy atom. The zero-order valence-electron chi connectivity index (χ0n) is 19.9. The van der Waals surface area contributed by atoms with E-state index in [1.165, 1.54) is 23.1 Å². The van der Waals surface area contributed by atoms with E-state index in [0.29, 0.717) is 5.01 Å². The lowest BCUT2D eigenvalue weighted by molar-refractivity contribution is -0.138. The monoisotopic (exact) mass is 499 g/mol. The van der Waals surface area contributed by atoms with Gasteiger partial charge in [-0.15, -0.1) is 10.2 Å². The van der Waals surface area contributed by atoms with Gasteiger partial charge >= 0.3 is 12.3 Å². The van der Waals surface area contributed by atoms with Crippen molar-refractivity contribution in [3.63, 3.8) is 0 Å². The van der Waals surface area contributed by atoms with E-state index >= 15 is 0 Å². The summed E-state index contributed by atoms with van der Waals surface area (Å²) in [7, 11) is 0. The van der Waals surface area contributed by atoms with Crippen molar-refractivity contribution in [3.05, 3.63) is 41.4 Å². The third-order valence-electron chi connectivity index (χ3n) is 5.09. The quantitative estimate of drug-likeness (QED) is 0.470. The van der Waals surface area contributed by atoms with Gasteiger partial charge in [-0.3, -0.25) is 4.90 Å². The van der Waals surface area contributed by atoms with Crippen LogP contribution >= 0.6 is 11.3 Å². The minimum Gasteiger partial charge on any atom is -0.489 e. The number of carbonyl (C=O) groups is 1. The van der Waals surface area contributed by atoms with E-state index in [2.05, 4.69) is 16.8 Å². The molecule has 186 valence electrons. The fraction of sp³-hybridized carbons (Fsp3) is 0.522. The third kappa shape index (κ3) is 5.20. The molecule has 1 amide bonds. The predicted molar refractivity (Wildman–Crippen MR) is 121 cm³/mol. The van der Waals surface area contributed by atoms with E-state index in [9.17, 15) is 18.0 Å². The first kappa shape index (κ1) is 26.0. The van der Waals surface area contributed by atoms with Crippen LogP contribution < -0.4 is 4.74 Å². The van der Waals surface area contributed by atoms with E-state index in [-0.39, 0.29) is 29.5 Å². The summed E-state index contributed by atoms with van der Waals surface area (Å²) >= 11 is 1.09. The largest absolute Gasteiger partial charge is 0.489 e. The molecule has 1 aromatic carbocycles. The first-order chi connectivity index (χ1) is 15.6. The zero-order chi connectivity index (χ0) is 25.5. The molecule has 1 aromatic heterocycles. The molecule has 1 aliphatic heterocycles. The van der Waals surface area contributed by atoms with Crippen LogP contribution in [0.2, 0.25) is 0 Å². The zero-order valence-corrected chi connectivity index (χ0v) is 20.8. The van der Waals surface area contributed by atoms with Gasteiger partial charge in [0.15, 0.2) is 0 Å². The highest BCUT2D eigenvalue weighted by molar-refractivity contribution is 7.14. The second-order valence-electron chi connectivity index (χ2n) is 9.55. The first-order valence-corrected chi connectivity index (χ1v) is 11.4. The standard InChI is InChI=1S/C23H28F3N3O4S/c1-8-11-31-16-10-9-14(12-15(16)23(24,25)26)17-27-28-18(34-17)22(7)13-32-21(5,6)29(22)19(30)33-20(2,3)4/h8-10,12H,1,11,13H2,2-7H3/t22-/m1/s1. The van der Waals surface area contributed by atoms with Crippen LogP contribution in [0.25, 0.3) is 10.6 Å². The number of rotatable bonds is 5. The Morgan fingerprint density at radius 1 is 1.26 bits per heavy atom. The maximum absolute atomic E-state index is 13.6. The Kier molecular flexibility index (Phi) is 6.75. The maximum Gasteiger partial charge on any atom is 0.419 e. The fourth-order valence-corrected chi connectivity index (χ4v) is 4.60. The van der Waals surface area contributed by atoms with Crippen LogP contribution in [-0.4, -0.2) is 45.7 Å². The molecular formula is C23H28F3N3O4S. The molecule has 1 fully saturated rings. The second-order valence-corrected chi connectivity index (χ2v) is 10.5. The van der Waals surface area contributed by atoms with Gasteiger partial charge in [0.05, 0.1) is 12.2 Å². The van der Waals surface area contributed by atoms with Crippen LogP contribution in [0.3, 0.4) is 0 Å². The first-order valence-electron chi connectivity index (χ1n) is 10.5. The summed E-state index contributed by atoms with van der Waals surface area (Å²) in [4.78, 5) is 14.5. The summed E-state index contributed by atoms with van der Waals surface area (Å²) in [6, 6.07) is 3.71. The van der Waals surface area contributed by atoms with Crippen molar-refractivity contribution < 1.29 is 32.2 Å². The van der Waals surface area contributed by atoms with Gasteiger partial charge in [-0.05, 0) is 59.7 Å². The van der Waals surface area contributed by atoms with Crippen molar-refractivity contribution in [1.82, 2.24) is 15.1 Å². The van der Waals surface area contributed by atoms with E-state index < -0.39 is 34.7 Å². The molecule has 34 heavy (non-hydrogen) atoms. The molecule has 1 atom stereocenters. The lowest BCUT2D eigenvalue weighted by Crippen LogP contribution is -2.54. The Hall–Kier alpha value is -2.66. The van der Waals surface area contributed by atoms with E-state index in [1.54, 1.807) is 41.5 Å². The van der Waals surface area contributed by atoms with Gasteiger partial charge in [-0.25, -0.2) is 4.79 Å². The van der Waals surface area contributed by atoms with Crippen molar-refractivity contribution in [2.45, 2.75) is 64.6 Å². The molecule has 11 heteroatoms. The molecule has 2 heterocycles. The molecule has 2 aromatic rings. The van der Waals surface area contributed by atoms with Gasteiger partial charge in [0.2, 0.25) is 0 Å². The molecule has 0 saturated carbocycles. The number of nitrogens with zero attached hydrogens (tertiary/aromatic N) is 3. The predicted octanol–water partition coefficient (Wildman–Crippen LogP) is 6.01. The number of amides is 1. The third-order valence-corrected chi connectivity index (χ3v) is 6.31. The van der Waals surface area contributed by atoms with Gasteiger partial charge in [-0.1, -0.05) is 24.0 Å². The van der Waals surface area contributed by atoms with Crippen molar-refractivity contribution in [2.24, 2.45) is 0 Å². The normalized spacial score (nSPS) is 20.3. The van der Waals surface area contributed by atoms with Crippen LogP contribution in [0.5, 0.6) is 5.75 Å². The molecule has 7 nitrogen and oxygen atoms in total. The molecular weight excluding hydrogens is 471 g/mol. The smallest absolute Gasteiger partial charge is 0.419 e. The van der Waals surface area contributed by atoms with E-state index in [0.717, 1.165) is 17.4 Å². The molecule has 1 aliphatic rings. The van der Waals surface area contributed by atoms with Gasteiger partial charge in [-0.2, -0.15) is 13.2 Å². The number of ether oxygens (including phenoxy) is 3. The van der Waals surface area contributed by atoms with Crippen molar-refractivity contribution in [2.75, 3.05) is 13.2 Å². The van der Waals surface area contributed by atoms with Crippen LogP contribution in [0.15, 0.2) is 30.9 Å². The Balaban J connectivity index is 1.99. The Labute approximate surface area is 200 Å². The minimum absolute atomic E-state index is 0.0555. The van der Waals surface area contributed by atoms with Gasteiger partial charge in [0.1, 0.15) is 39.2 Å². The molecule has 0 N–H and O–H groups in total. The van der Waals surface area contributed by atoms with Crippen LogP contribution in [0.1, 0.15) is 52.1 Å². The summed E-state index contributed by atoms with van der Waals surface area (Å²) in [6.07, 6.45) is -3.84. The molecule has 3 rings (SSSR count). The van der Waals surface area contributed by atoms with Crippen LogP contribution in [-0.2, 0) is 21.2 Å². The highest BCUT2D eigenvalue weighted by Gasteiger charge is 2.55. The summed E-state index contributed by atoms with van der Waals surface area (Å²) in [5, 5.41) is 9.02.